The normalized spacial score (nSPS) is 21.0. The maximum atomic E-state index is 15.9. The molecule has 3 aliphatic rings. The molecular weight excluding hydrogens is 536 g/mol. The number of halogens is 6. The zero-order valence-corrected chi connectivity index (χ0v) is 21.7. The molecule has 1 amide bonds. The topological polar surface area (TPSA) is 54.3 Å². The van der Waals surface area contributed by atoms with E-state index in [1.165, 1.54) is 53.2 Å². The third kappa shape index (κ3) is 4.46. The fraction of sp³-hybridized carbons (Fsp3) is 0.464. The molecule has 6 nitrogen and oxygen atoms in total. The molecule has 0 unspecified atom stereocenters. The van der Waals surface area contributed by atoms with Crippen LogP contribution in [-0.2, 0) is 31.7 Å². The molecule has 0 radical (unpaired) electrons. The highest BCUT2D eigenvalue weighted by molar-refractivity contribution is 6.10. The monoisotopic (exact) mass is 563 g/mol. The summed E-state index contributed by atoms with van der Waals surface area (Å²) in [6, 6.07) is 8.60. The Morgan fingerprint density at radius 2 is 1.80 bits per heavy atom. The Labute approximate surface area is 226 Å². The molecule has 2 aromatic carbocycles. The Bertz CT molecular complexity index is 1450. The van der Waals surface area contributed by atoms with Crippen LogP contribution in [0.1, 0.15) is 70.3 Å². The molecule has 1 atom stereocenters. The number of aryl methyl sites for hydroxylation is 1. The zero-order valence-electron chi connectivity index (χ0n) is 21.7. The zero-order chi connectivity index (χ0) is 28.4. The van der Waals surface area contributed by atoms with Crippen LogP contribution in [0.5, 0.6) is 0 Å². The molecule has 40 heavy (non-hydrogen) atoms. The first kappa shape index (κ1) is 26.8. The largest absolute Gasteiger partial charge is 0.416 e. The molecule has 0 spiro atoms. The Hall–Kier alpha value is -3.41. The highest BCUT2D eigenvalue weighted by Crippen LogP contribution is 2.60. The van der Waals surface area contributed by atoms with Gasteiger partial charge < -0.3 is 9.47 Å². The molecule has 212 valence electrons. The number of hydrogen-bond donors (Lipinski definition) is 0. The number of anilines is 1. The average molecular weight is 564 g/mol. The highest BCUT2D eigenvalue weighted by Gasteiger charge is 2.62. The first-order valence-corrected chi connectivity index (χ1v) is 13.1. The van der Waals surface area contributed by atoms with E-state index in [2.05, 4.69) is 15.1 Å². The minimum absolute atomic E-state index is 0.0261. The first-order valence-electron chi connectivity index (χ1n) is 13.1. The second-order valence-corrected chi connectivity index (χ2v) is 11.1. The lowest BCUT2D eigenvalue weighted by Gasteiger charge is -2.49. The van der Waals surface area contributed by atoms with Crippen LogP contribution in [0.25, 0.3) is 0 Å². The summed E-state index contributed by atoms with van der Waals surface area (Å²) in [5.74, 6) is -3.81. The quantitative estimate of drug-likeness (QED) is 0.347. The molecule has 2 fully saturated rings. The van der Waals surface area contributed by atoms with E-state index in [4.69, 9.17) is 0 Å². The average Bonchev–Trinajstić information content (AvgIpc) is 3.62. The number of nitrogens with zero attached hydrogens (tertiary/aromatic N) is 5. The number of aromatic nitrogens is 3. The number of amides is 1. The van der Waals surface area contributed by atoms with Gasteiger partial charge in [-0.05, 0) is 66.9 Å². The lowest BCUT2D eigenvalue weighted by atomic mass is 9.59. The van der Waals surface area contributed by atoms with Gasteiger partial charge in [0.15, 0.2) is 12.0 Å². The first-order chi connectivity index (χ1) is 18.9. The van der Waals surface area contributed by atoms with Gasteiger partial charge in [-0.2, -0.15) is 13.2 Å². The number of likely N-dealkylation sites (tertiary alicyclic amines) is 1. The van der Waals surface area contributed by atoms with Crippen LogP contribution in [-0.4, -0.2) is 44.6 Å². The Balaban J connectivity index is 1.36. The van der Waals surface area contributed by atoms with Gasteiger partial charge in [0.25, 0.3) is 5.91 Å². The van der Waals surface area contributed by atoms with E-state index in [0.717, 1.165) is 32.0 Å². The number of fused-ring (bicyclic) bond motifs is 1. The summed E-state index contributed by atoms with van der Waals surface area (Å²) in [6.45, 7) is 1.56. The maximum Gasteiger partial charge on any atom is 0.416 e. The molecular formula is C28H27F6N5O. The van der Waals surface area contributed by atoms with Crippen molar-refractivity contribution >= 4 is 11.6 Å². The highest BCUT2D eigenvalue weighted by atomic mass is 19.4. The third-order valence-electron chi connectivity index (χ3n) is 8.35. The van der Waals surface area contributed by atoms with Crippen molar-refractivity contribution in [1.82, 2.24) is 19.7 Å². The van der Waals surface area contributed by atoms with Crippen molar-refractivity contribution in [2.45, 2.75) is 62.5 Å². The van der Waals surface area contributed by atoms with Crippen LogP contribution in [0.2, 0.25) is 0 Å². The summed E-state index contributed by atoms with van der Waals surface area (Å²) >= 11 is 0. The molecule has 6 rings (SSSR count). The molecule has 1 aliphatic carbocycles. The summed E-state index contributed by atoms with van der Waals surface area (Å²) in [4.78, 5) is 16.8. The van der Waals surface area contributed by atoms with Gasteiger partial charge in [0, 0.05) is 43.1 Å². The molecule has 1 saturated carbocycles. The smallest absolute Gasteiger partial charge is 0.318 e. The minimum atomic E-state index is -4.66. The number of rotatable bonds is 6. The fourth-order valence-corrected chi connectivity index (χ4v) is 6.37. The van der Waals surface area contributed by atoms with Crippen molar-refractivity contribution in [1.29, 1.82) is 0 Å². The van der Waals surface area contributed by atoms with Gasteiger partial charge in [0.1, 0.15) is 6.33 Å². The molecule has 3 aromatic rings. The van der Waals surface area contributed by atoms with Gasteiger partial charge >= 0.3 is 6.18 Å². The molecule has 1 saturated heterocycles. The van der Waals surface area contributed by atoms with Crippen molar-refractivity contribution in [3.8, 4) is 0 Å². The molecule has 3 heterocycles. The second-order valence-electron chi connectivity index (χ2n) is 11.1. The van der Waals surface area contributed by atoms with Crippen LogP contribution >= 0.6 is 0 Å². The van der Waals surface area contributed by atoms with Crippen molar-refractivity contribution in [3.63, 3.8) is 0 Å². The number of carbonyl (C=O) groups is 1. The summed E-state index contributed by atoms with van der Waals surface area (Å²) in [7, 11) is 1.51. The standard InChI is InChI=1S/C28H27F6N5O/c1-37-16-35-36-24(37)23(29)26(14-27(30,31)15-26)18-5-4-6-19(11-18)39-13-21-20(25(39)40)9-17(10-22(21)28(32,33)34)12-38-7-2-3-8-38/h4-6,9-11,16,23H,2-3,7-8,12-15H2,1H3/t23-/m1/s1. The Morgan fingerprint density at radius 3 is 2.42 bits per heavy atom. The summed E-state index contributed by atoms with van der Waals surface area (Å²) in [5.41, 5.74) is -1.78. The summed E-state index contributed by atoms with van der Waals surface area (Å²) in [6.07, 6.45) is -4.89. The van der Waals surface area contributed by atoms with Crippen LogP contribution < -0.4 is 4.90 Å². The summed E-state index contributed by atoms with van der Waals surface area (Å²) in [5, 5.41) is 7.44. The van der Waals surface area contributed by atoms with E-state index in [-0.39, 0.29) is 34.7 Å². The predicted octanol–water partition coefficient (Wildman–Crippen LogP) is 5.97. The van der Waals surface area contributed by atoms with Gasteiger partial charge in [-0.15, -0.1) is 10.2 Å². The van der Waals surface area contributed by atoms with Crippen LogP contribution in [0.4, 0.5) is 32.0 Å². The molecule has 2 aliphatic heterocycles. The van der Waals surface area contributed by atoms with Gasteiger partial charge in [-0.25, -0.2) is 13.2 Å². The van der Waals surface area contributed by atoms with Crippen LogP contribution in [0.3, 0.4) is 0 Å². The second kappa shape index (κ2) is 9.32. The van der Waals surface area contributed by atoms with E-state index >= 15 is 4.39 Å². The molecule has 12 heteroatoms. The van der Waals surface area contributed by atoms with Gasteiger partial charge in [-0.3, -0.25) is 9.69 Å². The van der Waals surface area contributed by atoms with Gasteiger partial charge in [0.05, 0.1) is 12.1 Å². The number of alkyl halides is 6. The van der Waals surface area contributed by atoms with Crippen LogP contribution in [0, 0.1) is 0 Å². The minimum Gasteiger partial charge on any atom is -0.318 e. The van der Waals surface area contributed by atoms with Crippen molar-refractivity contribution in [2.75, 3.05) is 18.0 Å². The Kier molecular flexibility index (Phi) is 6.24. The number of benzene rings is 2. The fourth-order valence-electron chi connectivity index (χ4n) is 6.37. The summed E-state index contributed by atoms with van der Waals surface area (Å²) < 4.78 is 88.0. The Morgan fingerprint density at radius 1 is 1.07 bits per heavy atom. The number of carbonyl (C=O) groups excluding carboxylic acids is 1. The lowest BCUT2D eigenvalue weighted by Crippen LogP contribution is -2.52. The van der Waals surface area contributed by atoms with Crippen LogP contribution in [0.15, 0.2) is 42.7 Å². The maximum absolute atomic E-state index is 15.9. The molecule has 1 aromatic heterocycles. The van der Waals surface area contributed by atoms with Crippen molar-refractivity contribution in [3.05, 3.63) is 76.4 Å². The van der Waals surface area contributed by atoms with E-state index in [1.807, 2.05) is 0 Å². The molecule has 0 bridgehead atoms. The van der Waals surface area contributed by atoms with E-state index in [1.54, 1.807) is 0 Å². The third-order valence-corrected chi connectivity index (χ3v) is 8.35. The number of hydrogen-bond acceptors (Lipinski definition) is 4. The van der Waals surface area contributed by atoms with Crippen molar-refractivity contribution in [2.24, 2.45) is 7.05 Å². The van der Waals surface area contributed by atoms with Gasteiger partial charge in [-0.1, -0.05) is 12.1 Å². The van der Waals surface area contributed by atoms with Crippen molar-refractivity contribution < 1.29 is 31.1 Å². The predicted molar refractivity (Wildman–Crippen MR) is 134 cm³/mol. The van der Waals surface area contributed by atoms with E-state index in [9.17, 15) is 26.7 Å². The van der Waals surface area contributed by atoms with Gasteiger partial charge in [0.2, 0.25) is 5.92 Å². The van der Waals surface area contributed by atoms with E-state index in [0.29, 0.717) is 12.1 Å². The lowest BCUT2D eigenvalue weighted by molar-refractivity contribution is -0.151. The molecule has 0 N–H and O–H groups in total. The van der Waals surface area contributed by atoms with E-state index < -0.39 is 48.0 Å². The SMILES string of the molecule is Cn1cnnc1[C@@H](F)C1(c2cccc(N3Cc4c(cc(CN5CCCC5)cc4C(F)(F)F)C3=O)c2)CC(F)(F)C1.